The molecule has 1 amide bonds. The van der Waals surface area contributed by atoms with Gasteiger partial charge < -0.3 is 10.1 Å². The van der Waals surface area contributed by atoms with E-state index in [1.807, 2.05) is 31.2 Å². The van der Waals surface area contributed by atoms with Gasteiger partial charge in [0, 0.05) is 11.9 Å². The van der Waals surface area contributed by atoms with Gasteiger partial charge in [0.15, 0.2) is 11.9 Å². The molecule has 1 fully saturated rings. The first-order valence-electron chi connectivity index (χ1n) is 8.51. The molecule has 2 aliphatic rings. The molecule has 1 aromatic carbocycles. The first kappa shape index (κ1) is 15.3. The number of hydrogen-bond acceptors (Lipinski definition) is 4. The van der Waals surface area contributed by atoms with E-state index in [4.69, 9.17) is 4.74 Å². The molecule has 2 heterocycles. The number of hydrogen-bond donors (Lipinski definition) is 1. The largest absolute Gasteiger partial charge is 0.363 e. The van der Waals surface area contributed by atoms with Crippen molar-refractivity contribution < 1.29 is 9.53 Å². The molecule has 0 spiro atoms. The summed E-state index contributed by atoms with van der Waals surface area (Å²) >= 11 is 0. The quantitative estimate of drug-likeness (QED) is 0.939. The van der Waals surface area contributed by atoms with Crippen LogP contribution in [0.4, 0.5) is 0 Å². The van der Waals surface area contributed by atoms with Crippen LogP contribution in [-0.2, 0) is 16.0 Å². The standard InChI is InChI=1S/C19H21N3O2/c1-12-8-10-20-18(21-12)16(14-6-7-14)22-19(23)17-15-5-3-2-4-13(15)9-11-24-17/h2-5,8,10,14,16-17H,6-7,9,11H2,1H3,(H,22,23)/t16-,17-/m0/s1. The molecule has 1 aromatic heterocycles. The zero-order valence-electron chi connectivity index (χ0n) is 13.7. The van der Waals surface area contributed by atoms with Crippen LogP contribution in [0.3, 0.4) is 0 Å². The first-order chi connectivity index (χ1) is 11.7. The molecule has 1 saturated carbocycles. The van der Waals surface area contributed by atoms with Crippen molar-refractivity contribution in [1.29, 1.82) is 0 Å². The number of ether oxygens (including phenoxy) is 1. The van der Waals surface area contributed by atoms with Crippen LogP contribution in [0.15, 0.2) is 36.5 Å². The lowest BCUT2D eigenvalue weighted by molar-refractivity contribution is -0.135. The summed E-state index contributed by atoms with van der Waals surface area (Å²) in [5.41, 5.74) is 3.08. The van der Waals surface area contributed by atoms with Crippen molar-refractivity contribution in [3.63, 3.8) is 0 Å². The fourth-order valence-electron chi connectivity index (χ4n) is 3.28. The van der Waals surface area contributed by atoms with Gasteiger partial charge in [0.2, 0.25) is 0 Å². The lowest BCUT2D eigenvalue weighted by atomic mass is 9.97. The molecule has 124 valence electrons. The Balaban J connectivity index is 1.56. The molecule has 2 atom stereocenters. The highest BCUT2D eigenvalue weighted by Crippen LogP contribution is 2.40. The summed E-state index contributed by atoms with van der Waals surface area (Å²) in [6, 6.07) is 9.75. The smallest absolute Gasteiger partial charge is 0.254 e. The monoisotopic (exact) mass is 323 g/mol. The topological polar surface area (TPSA) is 64.1 Å². The van der Waals surface area contributed by atoms with Crippen molar-refractivity contribution >= 4 is 5.91 Å². The third-order valence-corrected chi connectivity index (χ3v) is 4.71. The van der Waals surface area contributed by atoms with Crippen molar-refractivity contribution in [3.05, 3.63) is 59.2 Å². The molecule has 0 unspecified atom stereocenters. The van der Waals surface area contributed by atoms with Crippen molar-refractivity contribution in [2.75, 3.05) is 6.61 Å². The number of amides is 1. The average molecular weight is 323 g/mol. The third-order valence-electron chi connectivity index (χ3n) is 4.71. The van der Waals surface area contributed by atoms with Gasteiger partial charge in [0.1, 0.15) is 0 Å². The molecule has 5 heteroatoms. The van der Waals surface area contributed by atoms with Crippen LogP contribution in [0.2, 0.25) is 0 Å². The van der Waals surface area contributed by atoms with Crippen LogP contribution in [0.5, 0.6) is 0 Å². The predicted molar refractivity (Wildman–Crippen MR) is 89.2 cm³/mol. The van der Waals surface area contributed by atoms with Crippen LogP contribution in [0.1, 0.15) is 47.6 Å². The summed E-state index contributed by atoms with van der Waals surface area (Å²) in [4.78, 5) is 21.8. The molecular weight excluding hydrogens is 302 g/mol. The van der Waals surface area contributed by atoms with Gasteiger partial charge >= 0.3 is 0 Å². The number of rotatable bonds is 4. The van der Waals surface area contributed by atoms with Gasteiger partial charge in [0.05, 0.1) is 12.6 Å². The van der Waals surface area contributed by atoms with Gasteiger partial charge in [-0.25, -0.2) is 9.97 Å². The van der Waals surface area contributed by atoms with Gasteiger partial charge in [0.25, 0.3) is 5.91 Å². The van der Waals surface area contributed by atoms with Crippen LogP contribution < -0.4 is 5.32 Å². The summed E-state index contributed by atoms with van der Waals surface area (Å²) in [6.07, 6.45) is 4.27. The highest BCUT2D eigenvalue weighted by Gasteiger charge is 2.37. The van der Waals surface area contributed by atoms with E-state index in [9.17, 15) is 4.79 Å². The van der Waals surface area contributed by atoms with Gasteiger partial charge in [-0.3, -0.25) is 4.79 Å². The van der Waals surface area contributed by atoms with Gasteiger partial charge in [-0.05, 0) is 49.3 Å². The van der Waals surface area contributed by atoms with E-state index in [1.54, 1.807) is 6.20 Å². The van der Waals surface area contributed by atoms with Crippen molar-refractivity contribution in [2.45, 2.75) is 38.3 Å². The number of nitrogens with one attached hydrogen (secondary N) is 1. The van der Waals surface area contributed by atoms with Gasteiger partial charge in [-0.1, -0.05) is 24.3 Å². The molecule has 0 radical (unpaired) electrons. The Labute approximate surface area is 141 Å². The minimum atomic E-state index is -0.541. The molecule has 2 aromatic rings. The van der Waals surface area contributed by atoms with E-state index >= 15 is 0 Å². The van der Waals surface area contributed by atoms with Crippen LogP contribution in [0, 0.1) is 12.8 Å². The molecule has 4 rings (SSSR count). The highest BCUT2D eigenvalue weighted by molar-refractivity contribution is 5.83. The van der Waals surface area contributed by atoms with Gasteiger partial charge in [-0.2, -0.15) is 0 Å². The van der Waals surface area contributed by atoms with Crippen LogP contribution in [-0.4, -0.2) is 22.5 Å². The summed E-state index contributed by atoms with van der Waals surface area (Å²) in [6.45, 7) is 2.52. The van der Waals surface area contributed by atoms with E-state index in [2.05, 4.69) is 21.4 Å². The maximum absolute atomic E-state index is 12.9. The van der Waals surface area contributed by atoms with E-state index in [0.29, 0.717) is 18.3 Å². The maximum atomic E-state index is 12.9. The molecule has 1 N–H and O–H groups in total. The normalized spacial score (nSPS) is 21.0. The second-order valence-corrected chi connectivity index (χ2v) is 6.58. The summed E-state index contributed by atoms with van der Waals surface area (Å²) in [5.74, 6) is 1.04. The van der Waals surface area contributed by atoms with E-state index in [-0.39, 0.29) is 11.9 Å². The minimum absolute atomic E-state index is 0.0934. The molecule has 0 bridgehead atoms. The van der Waals surface area contributed by atoms with Crippen molar-refractivity contribution in [2.24, 2.45) is 5.92 Å². The predicted octanol–water partition coefficient (Wildman–Crippen LogP) is 2.67. The van der Waals surface area contributed by atoms with E-state index in [1.165, 1.54) is 5.56 Å². The SMILES string of the molecule is Cc1ccnc([C@@H](NC(=O)[C@H]2OCCc3ccccc32)C2CC2)n1. The number of aromatic nitrogens is 2. The number of fused-ring (bicyclic) bond motifs is 1. The Hall–Kier alpha value is -2.27. The number of aryl methyl sites for hydroxylation is 1. The van der Waals surface area contributed by atoms with Gasteiger partial charge in [-0.15, -0.1) is 0 Å². The Kier molecular flexibility index (Phi) is 4.02. The Morgan fingerprint density at radius 2 is 2.12 bits per heavy atom. The summed E-state index contributed by atoms with van der Waals surface area (Å²) < 4.78 is 5.77. The molecule has 24 heavy (non-hydrogen) atoms. The van der Waals surface area contributed by atoms with E-state index in [0.717, 1.165) is 30.5 Å². The summed E-state index contributed by atoms with van der Waals surface area (Å²) in [5, 5.41) is 3.14. The first-order valence-corrected chi connectivity index (χ1v) is 8.51. The minimum Gasteiger partial charge on any atom is -0.363 e. The highest BCUT2D eigenvalue weighted by atomic mass is 16.5. The Morgan fingerprint density at radius 1 is 1.29 bits per heavy atom. The molecule has 1 aliphatic heterocycles. The second kappa shape index (κ2) is 6.32. The van der Waals surface area contributed by atoms with E-state index < -0.39 is 6.10 Å². The lowest BCUT2D eigenvalue weighted by Crippen LogP contribution is -2.37. The molecule has 0 saturated heterocycles. The maximum Gasteiger partial charge on any atom is 0.254 e. The molecule has 5 nitrogen and oxygen atoms in total. The number of carbonyl (C=O) groups is 1. The number of nitrogens with zero attached hydrogens (tertiary/aromatic N) is 2. The summed E-state index contributed by atoms with van der Waals surface area (Å²) in [7, 11) is 0. The molecule has 1 aliphatic carbocycles. The van der Waals surface area contributed by atoms with Crippen molar-refractivity contribution in [3.8, 4) is 0 Å². The zero-order chi connectivity index (χ0) is 16.5. The fraction of sp³-hybridized carbons (Fsp3) is 0.421. The Bertz CT molecular complexity index is 758. The van der Waals surface area contributed by atoms with Crippen LogP contribution in [0.25, 0.3) is 0 Å². The zero-order valence-corrected chi connectivity index (χ0v) is 13.7. The molecular formula is C19H21N3O2. The number of benzene rings is 1. The van der Waals surface area contributed by atoms with Crippen molar-refractivity contribution in [1.82, 2.24) is 15.3 Å². The van der Waals surface area contributed by atoms with Crippen LogP contribution >= 0.6 is 0 Å². The second-order valence-electron chi connectivity index (χ2n) is 6.58. The average Bonchev–Trinajstić information content (AvgIpc) is 3.44. The lowest BCUT2D eigenvalue weighted by Gasteiger charge is -2.27. The fourth-order valence-corrected chi connectivity index (χ4v) is 3.28. The number of carbonyl (C=O) groups excluding carboxylic acids is 1. The Morgan fingerprint density at radius 3 is 2.92 bits per heavy atom. The third kappa shape index (κ3) is 3.04.